The Hall–Kier alpha value is -3.68. The Balaban J connectivity index is 0.000000542. The topological polar surface area (TPSA) is 149 Å². The zero-order valence-corrected chi connectivity index (χ0v) is 31.6. The second-order valence-corrected chi connectivity index (χ2v) is 14.4. The summed E-state index contributed by atoms with van der Waals surface area (Å²) in [6.07, 6.45) is 18.1. The van der Waals surface area contributed by atoms with Crippen LogP contribution >= 0.6 is 0 Å². The fraction of sp³-hybridized carbons (Fsp3) is 0.619. The van der Waals surface area contributed by atoms with E-state index in [4.69, 9.17) is 5.11 Å². The molecule has 4 N–H and O–H groups in total. The summed E-state index contributed by atoms with van der Waals surface area (Å²) in [5.74, 6) is -3.16. The van der Waals surface area contributed by atoms with E-state index < -0.39 is 23.9 Å². The summed E-state index contributed by atoms with van der Waals surface area (Å²) in [5, 5.41) is 37.8. The highest BCUT2D eigenvalue weighted by Crippen LogP contribution is 2.26. The van der Waals surface area contributed by atoms with E-state index >= 15 is 0 Å². The number of hydrogen-bond donors (Lipinski definition) is 4. The second-order valence-electron chi connectivity index (χ2n) is 14.4. The van der Waals surface area contributed by atoms with Crippen molar-refractivity contribution in [3.05, 3.63) is 68.8 Å². The number of benzene rings is 2. The normalized spacial score (nSPS) is 11.0. The SMILES string of the molecule is CC(C)CCCCCCc1ccc(C(=O)O)c(C(=O)O)c1CCCCCCC(C)C.CCCCc1ccc(C(=O)O)c(C(=O)O)c1CCCC. The van der Waals surface area contributed by atoms with Gasteiger partial charge in [0, 0.05) is 0 Å². The third-order valence-electron chi connectivity index (χ3n) is 9.22. The van der Waals surface area contributed by atoms with Crippen LogP contribution in [0.3, 0.4) is 0 Å². The standard InChI is InChI=1S/C26H42O4.C16H22O4/c1-19(2)13-9-5-7-11-15-21-17-18-23(25(27)28)24(26(29)30)22(21)16-12-8-6-10-14-20(3)4;1-3-5-7-11-9-10-13(15(17)18)14(16(19)20)12(11)8-6-4-2/h17-20H,5-16H2,1-4H3,(H,27,28)(H,29,30);9-10H,3-8H2,1-2H3,(H,17,18)(H,19,20). The van der Waals surface area contributed by atoms with Crippen LogP contribution in [-0.2, 0) is 25.7 Å². The van der Waals surface area contributed by atoms with Crippen molar-refractivity contribution in [2.45, 2.75) is 157 Å². The Labute approximate surface area is 300 Å². The van der Waals surface area contributed by atoms with Crippen molar-refractivity contribution in [2.24, 2.45) is 11.8 Å². The van der Waals surface area contributed by atoms with Gasteiger partial charge in [0.1, 0.15) is 0 Å². The number of aromatic carboxylic acids is 4. The maximum atomic E-state index is 11.9. The number of carboxylic acids is 4. The quantitative estimate of drug-likeness (QED) is 0.0792. The van der Waals surface area contributed by atoms with Gasteiger partial charge in [-0.1, -0.05) is 118 Å². The molecular weight excluding hydrogens is 632 g/mol. The van der Waals surface area contributed by atoms with Crippen LogP contribution in [0.15, 0.2) is 24.3 Å². The molecule has 0 amide bonds. The van der Waals surface area contributed by atoms with Crippen LogP contribution in [0.1, 0.15) is 195 Å². The number of rotatable bonds is 24. The minimum Gasteiger partial charge on any atom is -0.478 e. The largest absolute Gasteiger partial charge is 0.478 e. The summed E-state index contributed by atoms with van der Waals surface area (Å²) in [7, 11) is 0. The van der Waals surface area contributed by atoms with E-state index in [9.17, 15) is 34.5 Å². The molecule has 8 nitrogen and oxygen atoms in total. The second kappa shape index (κ2) is 24.5. The average Bonchev–Trinajstić information content (AvgIpc) is 3.05. The molecule has 0 aromatic heterocycles. The highest BCUT2D eigenvalue weighted by atomic mass is 16.4. The van der Waals surface area contributed by atoms with Gasteiger partial charge in [-0.2, -0.15) is 0 Å². The number of unbranched alkanes of at least 4 members (excludes halogenated alkanes) is 8. The first-order valence-electron chi connectivity index (χ1n) is 19.0. The van der Waals surface area contributed by atoms with Crippen LogP contribution in [0.5, 0.6) is 0 Å². The first-order chi connectivity index (χ1) is 23.8. The van der Waals surface area contributed by atoms with Gasteiger partial charge in [-0.05, 0) is 97.6 Å². The van der Waals surface area contributed by atoms with Gasteiger partial charge in [0.25, 0.3) is 0 Å². The lowest BCUT2D eigenvalue weighted by Gasteiger charge is -2.15. The molecule has 280 valence electrons. The molecule has 2 aromatic rings. The molecule has 2 aromatic carbocycles. The Morgan fingerprint density at radius 1 is 0.460 bits per heavy atom. The molecule has 0 bridgehead atoms. The molecule has 0 saturated carbocycles. The molecule has 0 fully saturated rings. The molecule has 0 spiro atoms. The lowest BCUT2D eigenvalue weighted by molar-refractivity contribution is 0.0650. The molecule has 0 aliphatic carbocycles. The molecular formula is C42H64O8. The van der Waals surface area contributed by atoms with Gasteiger partial charge in [-0.25, -0.2) is 19.2 Å². The van der Waals surface area contributed by atoms with Gasteiger partial charge < -0.3 is 20.4 Å². The van der Waals surface area contributed by atoms with Gasteiger partial charge in [0.15, 0.2) is 0 Å². The maximum Gasteiger partial charge on any atom is 0.336 e. The smallest absolute Gasteiger partial charge is 0.336 e. The fourth-order valence-electron chi connectivity index (χ4n) is 6.42. The molecule has 0 aliphatic heterocycles. The predicted molar refractivity (Wildman–Crippen MR) is 201 cm³/mol. The van der Waals surface area contributed by atoms with Crippen LogP contribution in [-0.4, -0.2) is 44.3 Å². The average molecular weight is 697 g/mol. The van der Waals surface area contributed by atoms with E-state index in [0.717, 1.165) is 93.2 Å². The fourth-order valence-corrected chi connectivity index (χ4v) is 6.42. The predicted octanol–water partition coefficient (Wildman–Crippen LogP) is 11.1. The van der Waals surface area contributed by atoms with Crippen molar-refractivity contribution < 1.29 is 39.6 Å². The van der Waals surface area contributed by atoms with Gasteiger partial charge in [0.05, 0.1) is 22.3 Å². The molecule has 2 rings (SSSR count). The van der Waals surface area contributed by atoms with Crippen LogP contribution < -0.4 is 0 Å². The molecule has 0 atom stereocenters. The summed E-state index contributed by atoms with van der Waals surface area (Å²) in [6.45, 7) is 13.1. The van der Waals surface area contributed by atoms with Crippen molar-refractivity contribution >= 4 is 23.9 Å². The van der Waals surface area contributed by atoms with E-state index in [0.29, 0.717) is 24.3 Å². The highest BCUT2D eigenvalue weighted by Gasteiger charge is 2.23. The number of hydrogen-bond acceptors (Lipinski definition) is 4. The van der Waals surface area contributed by atoms with E-state index in [1.807, 2.05) is 13.0 Å². The third kappa shape index (κ3) is 15.9. The number of aryl methyl sites for hydroxylation is 2. The van der Waals surface area contributed by atoms with Crippen molar-refractivity contribution in [3.8, 4) is 0 Å². The lowest BCUT2D eigenvalue weighted by atomic mass is 9.89. The summed E-state index contributed by atoms with van der Waals surface area (Å²) >= 11 is 0. The van der Waals surface area contributed by atoms with Crippen LogP contribution in [0.2, 0.25) is 0 Å². The molecule has 50 heavy (non-hydrogen) atoms. The van der Waals surface area contributed by atoms with E-state index in [1.165, 1.54) is 44.2 Å². The minimum atomic E-state index is -1.18. The monoisotopic (exact) mass is 696 g/mol. The Bertz CT molecular complexity index is 1360. The molecule has 0 heterocycles. The lowest BCUT2D eigenvalue weighted by Crippen LogP contribution is -2.14. The van der Waals surface area contributed by atoms with Crippen molar-refractivity contribution in [1.29, 1.82) is 0 Å². The minimum absolute atomic E-state index is 0.00184. The van der Waals surface area contributed by atoms with E-state index in [2.05, 4.69) is 34.6 Å². The van der Waals surface area contributed by atoms with Crippen LogP contribution in [0.25, 0.3) is 0 Å². The van der Waals surface area contributed by atoms with Crippen LogP contribution in [0.4, 0.5) is 0 Å². The van der Waals surface area contributed by atoms with Crippen molar-refractivity contribution in [1.82, 2.24) is 0 Å². The summed E-state index contributed by atoms with van der Waals surface area (Å²) in [4.78, 5) is 46.2. The summed E-state index contributed by atoms with van der Waals surface area (Å²) in [5.41, 5.74) is 3.22. The third-order valence-corrected chi connectivity index (χ3v) is 9.22. The summed E-state index contributed by atoms with van der Waals surface area (Å²) < 4.78 is 0. The molecule has 0 unspecified atom stereocenters. The van der Waals surface area contributed by atoms with Gasteiger partial charge >= 0.3 is 23.9 Å². The van der Waals surface area contributed by atoms with Gasteiger partial charge in [-0.3, -0.25) is 0 Å². The number of carboxylic acid groups (broad SMARTS) is 4. The van der Waals surface area contributed by atoms with E-state index in [1.54, 1.807) is 6.07 Å². The maximum absolute atomic E-state index is 11.9. The zero-order chi connectivity index (χ0) is 37.6. The van der Waals surface area contributed by atoms with E-state index in [-0.39, 0.29) is 22.3 Å². The van der Waals surface area contributed by atoms with Gasteiger partial charge in [0.2, 0.25) is 0 Å². The number of carbonyl (C=O) groups is 4. The first-order valence-corrected chi connectivity index (χ1v) is 19.0. The molecule has 8 heteroatoms. The van der Waals surface area contributed by atoms with Crippen molar-refractivity contribution in [3.63, 3.8) is 0 Å². The zero-order valence-electron chi connectivity index (χ0n) is 31.6. The Kier molecular flexibility index (Phi) is 21.7. The molecule has 0 aliphatic rings. The van der Waals surface area contributed by atoms with Crippen molar-refractivity contribution in [2.75, 3.05) is 0 Å². The summed E-state index contributed by atoms with van der Waals surface area (Å²) in [6, 6.07) is 6.52. The van der Waals surface area contributed by atoms with Gasteiger partial charge in [-0.15, -0.1) is 0 Å². The van der Waals surface area contributed by atoms with Crippen LogP contribution in [0, 0.1) is 11.8 Å². The highest BCUT2D eigenvalue weighted by molar-refractivity contribution is 6.03. The molecule has 0 saturated heterocycles. The first kappa shape index (κ1) is 44.3. The molecule has 0 radical (unpaired) electrons. The Morgan fingerprint density at radius 2 is 0.800 bits per heavy atom. The Morgan fingerprint density at radius 3 is 1.16 bits per heavy atom.